The summed E-state index contributed by atoms with van der Waals surface area (Å²) in [5, 5.41) is 10.5. The summed E-state index contributed by atoms with van der Waals surface area (Å²) in [4.78, 5) is 24.3. The number of benzene rings is 1. The van der Waals surface area contributed by atoms with Crippen LogP contribution in [0.15, 0.2) is 35.9 Å². The van der Waals surface area contributed by atoms with Crippen molar-refractivity contribution in [2.45, 2.75) is 78.4 Å². The molecule has 5 heteroatoms. The van der Waals surface area contributed by atoms with Gasteiger partial charge in [0.2, 0.25) is 0 Å². The van der Waals surface area contributed by atoms with Crippen LogP contribution in [0.25, 0.3) is 0 Å². The quantitative estimate of drug-likeness (QED) is 0.491. The molecular formula is C24H34O5. The molecule has 0 saturated heterocycles. The summed E-state index contributed by atoms with van der Waals surface area (Å²) in [6.07, 6.45) is 1.22. The van der Waals surface area contributed by atoms with Crippen LogP contribution in [0.5, 0.6) is 5.75 Å². The van der Waals surface area contributed by atoms with E-state index in [0.29, 0.717) is 12.2 Å². The topological polar surface area (TPSA) is 72.8 Å². The average Bonchev–Trinajstić information content (AvgIpc) is 3.04. The summed E-state index contributed by atoms with van der Waals surface area (Å²) in [7, 11) is 0. The second-order valence-corrected chi connectivity index (χ2v) is 9.59. The molecular weight excluding hydrogens is 368 g/mol. The fraction of sp³-hybridized carbons (Fsp3) is 0.583. The number of hydrogen-bond acceptors (Lipinski definition) is 5. The van der Waals surface area contributed by atoms with Crippen LogP contribution in [0.2, 0.25) is 0 Å². The van der Waals surface area contributed by atoms with Crippen molar-refractivity contribution in [3.8, 4) is 5.75 Å². The number of carbonyl (C=O) groups excluding carboxylic acids is 2. The van der Waals surface area contributed by atoms with Crippen molar-refractivity contribution in [2.75, 3.05) is 6.61 Å². The summed E-state index contributed by atoms with van der Waals surface area (Å²) in [6.45, 7) is 12.9. The zero-order valence-electron chi connectivity index (χ0n) is 18.5. The molecule has 1 N–H and O–H groups in total. The number of ketones is 1. The molecule has 2 atom stereocenters. The predicted molar refractivity (Wildman–Crippen MR) is 113 cm³/mol. The zero-order chi connectivity index (χ0) is 21.8. The van der Waals surface area contributed by atoms with Gasteiger partial charge in [0.25, 0.3) is 0 Å². The molecule has 1 aromatic rings. The van der Waals surface area contributed by atoms with Crippen molar-refractivity contribution in [1.29, 1.82) is 0 Å². The molecule has 1 aromatic carbocycles. The molecule has 1 heterocycles. The molecule has 0 radical (unpaired) electrons. The molecule has 5 nitrogen and oxygen atoms in total. The Morgan fingerprint density at radius 1 is 1.21 bits per heavy atom. The number of Topliss-reactive ketones (excluding diaryl/α,β-unsaturated/α-hetero) is 1. The van der Waals surface area contributed by atoms with Crippen LogP contribution in [-0.4, -0.2) is 35.7 Å². The Balaban J connectivity index is 2.28. The summed E-state index contributed by atoms with van der Waals surface area (Å²) in [5.41, 5.74) is 1.06. The first-order chi connectivity index (χ1) is 13.4. The Hall–Kier alpha value is -2.14. The second kappa shape index (κ2) is 9.12. The Morgan fingerprint density at radius 2 is 1.86 bits per heavy atom. The molecule has 2 rings (SSSR count). The van der Waals surface area contributed by atoms with Crippen LogP contribution in [0.4, 0.5) is 0 Å². The zero-order valence-corrected chi connectivity index (χ0v) is 18.5. The van der Waals surface area contributed by atoms with Crippen molar-refractivity contribution in [2.24, 2.45) is 5.41 Å². The molecule has 0 amide bonds. The van der Waals surface area contributed by atoms with E-state index < -0.39 is 18.2 Å². The van der Waals surface area contributed by atoms with Gasteiger partial charge in [0.05, 0.1) is 12.5 Å². The third-order valence-corrected chi connectivity index (χ3v) is 5.12. The fourth-order valence-corrected chi connectivity index (χ4v) is 4.11. The number of para-hydroxylation sites is 1. The SMILES string of the molecule is CCC(O)C(CC(=O)C1=CCOC1=O)Oc1ccccc1C(C)(C)CC(C)(C)C. The number of aliphatic hydroxyl groups excluding tert-OH is 1. The van der Waals surface area contributed by atoms with Gasteiger partial charge in [-0.3, -0.25) is 4.79 Å². The largest absolute Gasteiger partial charge is 0.487 e. The van der Waals surface area contributed by atoms with Gasteiger partial charge in [0.1, 0.15) is 24.0 Å². The van der Waals surface area contributed by atoms with Crippen LogP contribution < -0.4 is 4.74 Å². The molecule has 160 valence electrons. The molecule has 0 aliphatic carbocycles. The number of ether oxygens (including phenoxy) is 2. The lowest BCUT2D eigenvalue weighted by atomic mass is 9.72. The number of cyclic esters (lactones) is 1. The summed E-state index contributed by atoms with van der Waals surface area (Å²) < 4.78 is 11.0. The van der Waals surface area contributed by atoms with Crippen LogP contribution in [0, 0.1) is 5.41 Å². The fourth-order valence-electron chi connectivity index (χ4n) is 4.11. The lowest BCUT2D eigenvalue weighted by Gasteiger charge is -2.35. The van der Waals surface area contributed by atoms with Crippen LogP contribution in [0.1, 0.15) is 66.4 Å². The van der Waals surface area contributed by atoms with E-state index in [-0.39, 0.29) is 35.2 Å². The maximum Gasteiger partial charge on any atom is 0.341 e. The molecule has 1 aliphatic heterocycles. The molecule has 29 heavy (non-hydrogen) atoms. The van der Waals surface area contributed by atoms with E-state index in [1.54, 1.807) is 0 Å². The highest BCUT2D eigenvalue weighted by molar-refractivity contribution is 6.18. The number of carbonyl (C=O) groups is 2. The highest BCUT2D eigenvalue weighted by Crippen LogP contribution is 2.40. The molecule has 0 spiro atoms. The monoisotopic (exact) mass is 402 g/mol. The van der Waals surface area contributed by atoms with Crippen LogP contribution in [0.3, 0.4) is 0 Å². The van der Waals surface area contributed by atoms with E-state index in [9.17, 15) is 14.7 Å². The average molecular weight is 403 g/mol. The predicted octanol–water partition coefficient (Wildman–Crippen LogP) is 4.36. The minimum absolute atomic E-state index is 0.0447. The molecule has 0 aromatic heterocycles. The van der Waals surface area contributed by atoms with Gasteiger partial charge in [-0.25, -0.2) is 4.79 Å². The molecule has 1 aliphatic rings. The number of esters is 1. The van der Waals surface area contributed by atoms with E-state index in [1.807, 2.05) is 31.2 Å². The maximum absolute atomic E-state index is 12.6. The maximum atomic E-state index is 12.6. The first kappa shape index (κ1) is 23.1. The van der Waals surface area contributed by atoms with Gasteiger partial charge in [-0.1, -0.05) is 59.7 Å². The van der Waals surface area contributed by atoms with E-state index in [4.69, 9.17) is 9.47 Å². The van der Waals surface area contributed by atoms with Crippen LogP contribution in [-0.2, 0) is 19.7 Å². The van der Waals surface area contributed by atoms with E-state index in [2.05, 4.69) is 34.6 Å². The van der Waals surface area contributed by atoms with Gasteiger partial charge in [0.15, 0.2) is 5.78 Å². The Labute approximate surface area is 174 Å². The van der Waals surface area contributed by atoms with Crippen molar-refractivity contribution in [1.82, 2.24) is 0 Å². The Kier molecular flexibility index (Phi) is 7.28. The lowest BCUT2D eigenvalue weighted by molar-refractivity contribution is -0.137. The molecule has 0 fully saturated rings. The van der Waals surface area contributed by atoms with Crippen molar-refractivity contribution < 1.29 is 24.2 Å². The highest BCUT2D eigenvalue weighted by Gasteiger charge is 2.33. The highest BCUT2D eigenvalue weighted by atomic mass is 16.5. The van der Waals surface area contributed by atoms with Gasteiger partial charge in [-0.05, 0) is 41.4 Å². The Bertz CT molecular complexity index is 770. The summed E-state index contributed by atoms with van der Waals surface area (Å²) >= 11 is 0. The van der Waals surface area contributed by atoms with Crippen molar-refractivity contribution in [3.63, 3.8) is 0 Å². The van der Waals surface area contributed by atoms with Crippen molar-refractivity contribution >= 4 is 11.8 Å². The van der Waals surface area contributed by atoms with E-state index in [1.165, 1.54) is 6.08 Å². The number of hydrogen-bond donors (Lipinski definition) is 1. The van der Waals surface area contributed by atoms with Crippen molar-refractivity contribution in [3.05, 3.63) is 41.5 Å². The second-order valence-electron chi connectivity index (χ2n) is 9.59. The third kappa shape index (κ3) is 6.17. The summed E-state index contributed by atoms with van der Waals surface area (Å²) in [6, 6.07) is 7.78. The van der Waals surface area contributed by atoms with Crippen LogP contribution >= 0.6 is 0 Å². The van der Waals surface area contributed by atoms with Gasteiger partial charge in [-0.15, -0.1) is 0 Å². The third-order valence-electron chi connectivity index (χ3n) is 5.12. The van der Waals surface area contributed by atoms with Gasteiger partial charge < -0.3 is 14.6 Å². The first-order valence-electron chi connectivity index (χ1n) is 10.3. The number of aliphatic hydroxyl groups is 1. The normalized spacial score (nSPS) is 16.8. The smallest absolute Gasteiger partial charge is 0.341 e. The lowest BCUT2D eigenvalue weighted by Crippen LogP contribution is -2.35. The van der Waals surface area contributed by atoms with Gasteiger partial charge >= 0.3 is 5.97 Å². The van der Waals surface area contributed by atoms with E-state index >= 15 is 0 Å². The molecule has 2 unspecified atom stereocenters. The van der Waals surface area contributed by atoms with Gasteiger partial charge in [0, 0.05) is 0 Å². The molecule has 0 saturated carbocycles. The minimum atomic E-state index is -0.823. The Morgan fingerprint density at radius 3 is 2.41 bits per heavy atom. The standard InChI is InChI=1S/C24H34O5/c1-7-18(25)21(14-19(26)16-12-13-28-22(16)27)29-20-11-9-8-10-17(20)24(5,6)15-23(2,3)4/h8-12,18,21,25H,7,13-15H2,1-6H3. The number of rotatable bonds is 9. The van der Waals surface area contributed by atoms with Gasteiger partial charge in [-0.2, -0.15) is 0 Å². The summed E-state index contributed by atoms with van der Waals surface area (Å²) in [5.74, 6) is -0.307. The first-order valence-corrected chi connectivity index (χ1v) is 10.3. The van der Waals surface area contributed by atoms with E-state index in [0.717, 1.165) is 12.0 Å². The molecule has 0 bridgehead atoms. The minimum Gasteiger partial charge on any atom is -0.487 e.